The highest BCUT2D eigenvalue weighted by atomic mass is 16.5. The highest BCUT2D eigenvalue weighted by Crippen LogP contribution is 2.11. The number of ether oxygens (including phenoxy) is 1. The summed E-state index contributed by atoms with van der Waals surface area (Å²) in [6.07, 6.45) is 0.828. The molecule has 0 heterocycles. The second kappa shape index (κ2) is 8.83. The molecule has 0 aliphatic carbocycles. The van der Waals surface area contributed by atoms with Crippen molar-refractivity contribution in [3.63, 3.8) is 0 Å². The molecule has 0 saturated heterocycles. The number of carbonyl (C=O) groups is 1. The van der Waals surface area contributed by atoms with E-state index >= 15 is 0 Å². The molecule has 0 atom stereocenters. The normalized spacial score (nSPS) is 10.2. The van der Waals surface area contributed by atoms with Gasteiger partial charge >= 0.3 is 6.03 Å². The molecule has 0 bridgehead atoms. The van der Waals surface area contributed by atoms with Crippen molar-refractivity contribution >= 4 is 6.03 Å². The first-order valence-corrected chi connectivity index (χ1v) is 7.90. The van der Waals surface area contributed by atoms with Gasteiger partial charge in [-0.15, -0.1) is 0 Å². The Hall–Kier alpha value is -2.49. The molecule has 2 N–H and O–H groups in total. The van der Waals surface area contributed by atoms with E-state index in [9.17, 15) is 4.79 Å². The van der Waals surface area contributed by atoms with E-state index in [1.54, 1.807) is 0 Å². The van der Waals surface area contributed by atoms with Crippen LogP contribution < -0.4 is 15.4 Å². The number of benzene rings is 2. The fraction of sp³-hybridized carbons (Fsp3) is 0.316. The van der Waals surface area contributed by atoms with Crippen LogP contribution in [0.2, 0.25) is 0 Å². The lowest BCUT2D eigenvalue weighted by atomic mass is 10.1. The van der Waals surface area contributed by atoms with Crippen LogP contribution in [0.4, 0.5) is 4.79 Å². The highest BCUT2D eigenvalue weighted by Gasteiger charge is 2.00. The van der Waals surface area contributed by atoms with Crippen LogP contribution in [-0.4, -0.2) is 25.7 Å². The number of rotatable bonds is 7. The Bertz CT molecular complexity index is 641. The van der Waals surface area contributed by atoms with Crippen LogP contribution in [0.25, 0.3) is 0 Å². The fourth-order valence-corrected chi connectivity index (χ4v) is 2.29. The first kappa shape index (κ1) is 16.9. The molecule has 23 heavy (non-hydrogen) atoms. The topological polar surface area (TPSA) is 50.4 Å². The van der Waals surface area contributed by atoms with Crippen LogP contribution in [-0.2, 0) is 6.42 Å². The Kier molecular flexibility index (Phi) is 6.48. The SMILES string of the molecule is Cc1cccc(CCNC(=O)NCCOc2cccc(C)c2)c1. The third-order valence-corrected chi connectivity index (χ3v) is 3.43. The van der Waals surface area contributed by atoms with E-state index in [2.05, 4.69) is 35.8 Å². The Morgan fingerprint density at radius 2 is 1.65 bits per heavy atom. The number of hydrogen-bond acceptors (Lipinski definition) is 2. The van der Waals surface area contributed by atoms with E-state index in [4.69, 9.17) is 4.74 Å². The van der Waals surface area contributed by atoms with E-state index in [0.29, 0.717) is 19.7 Å². The summed E-state index contributed by atoms with van der Waals surface area (Å²) in [5.41, 5.74) is 3.62. The first-order valence-electron chi connectivity index (χ1n) is 7.90. The van der Waals surface area contributed by atoms with Gasteiger partial charge in [0.1, 0.15) is 12.4 Å². The summed E-state index contributed by atoms with van der Waals surface area (Å²) >= 11 is 0. The van der Waals surface area contributed by atoms with E-state index in [1.807, 2.05) is 37.3 Å². The van der Waals surface area contributed by atoms with Gasteiger partial charge in [-0.25, -0.2) is 4.79 Å². The molecule has 0 aromatic heterocycles. The van der Waals surface area contributed by atoms with Crippen LogP contribution in [0.3, 0.4) is 0 Å². The standard InChI is InChI=1S/C19H24N2O2/c1-15-5-3-7-17(13-15)9-10-20-19(22)21-11-12-23-18-8-4-6-16(2)14-18/h3-8,13-14H,9-12H2,1-2H3,(H2,20,21,22). The summed E-state index contributed by atoms with van der Waals surface area (Å²) in [7, 11) is 0. The van der Waals surface area contributed by atoms with Gasteiger partial charge in [0.2, 0.25) is 0 Å². The zero-order valence-electron chi connectivity index (χ0n) is 13.8. The van der Waals surface area contributed by atoms with Crippen molar-refractivity contribution in [3.05, 3.63) is 65.2 Å². The maximum atomic E-state index is 11.7. The maximum absolute atomic E-state index is 11.7. The van der Waals surface area contributed by atoms with Crippen molar-refractivity contribution in [2.24, 2.45) is 0 Å². The highest BCUT2D eigenvalue weighted by molar-refractivity contribution is 5.73. The Balaban J connectivity index is 1.58. The number of urea groups is 1. The Labute approximate surface area is 137 Å². The summed E-state index contributed by atoms with van der Waals surface area (Å²) in [5, 5.41) is 5.64. The van der Waals surface area contributed by atoms with Gasteiger partial charge < -0.3 is 15.4 Å². The molecule has 0 fully saturated rings. The molecule has 0 unspecified atom stereocenters. The van der Waals surface area contributed by atoms with E-state index in [1.165, 1.54) is 11.1 Å². The smallest absolute Gasteiger partial charge is 0.314 e. The number of carbonyl (C=O) groups excluding carboxylic acids is 1. The quantitative estimate of drug-likeness (QED) is 0.771. The van der Waals surface area contributed by atoms with Gasteiger partial charge in [0.25, 0.3) is 0 Å². The predicted molar refractivity (Wildman–Crippen MR) is 93.0 cm³/mol. The van der Waals surface area contributed by atoms with Crippen LogP contribution in [0, 0.1) is 13.8 Å². The van der Waals surface area contributed by atoms with Gasteiger partial charge in [-0.1, -0.05) is 42.0 Å². The predicted octanol–water partition coefficient (Wildman–Crippen LogP) is 3.22. The van der Waals surface area contributed by atoms with Gasteiger partial charge in [-0.05, 0) is 43.5 Å². The van der Waals surface area contributed by atoms with Crippen LogP contribution in [0.5, 0.6) is 5.75 Å². The zero-order chi connectivity index (χ0) is 16.5. The van der Waals surface area contributed by atoms with Crippen molar-refractivity contribution < 1.29 is 9.53 Å². The fourth-order valence-electron chi connectivity index (χ4n) is 2.29. The second-order valence-electron chi connectivity index (χ2n) is 5.59. The van der Waals surface area contributed by atoms with Crippen molar-refractivity contribution in [1.29, 1.82) is 0 Å². The molecule has 2 amide bonds. The molecule has 0 radical (unpaired) electrons. The van der Waals surface area contributed by atoms with Crippen LogP contribution >= 0.6 is 0 Å². The third-order valence-electron chi connectivity index (χ3n) is 3.43. The van der Waals surface area contributed by atoms with Gasteiger partial charge in [-0.2, -0.15) is 0 Å². The lowest BCUT2D eigenvalue weighted by molar-refractivity contribution is 0.236. The number of hydrogen-bond donors (Lipinski definition) is 2. The third kappa shape index (κ3) is 6.43. The van der Waals surface area contributed by atoms with Gasteiger partial charge in [0, 0.05) is 6.54 Å². The van der Waals surface area contributed by atoms with Gasteiger partial charge in [0.05, 0.1) is 6.54 Å². The minimum Gasteiger partial charge on any atom is -0.492 e. The lowest BCUT2D eigenvalue weighted by Crippen LogP contribution is -2.38. The molecule has 0 aliphatic rings. The van der Waals surface area contributed by atoms with Crippen molar-refractivity contribution in [2.45, 2.75) is 20.3 Å². The molecule has 0 spiro atoms. The monoisotopic (exact) mass is 312 g/mol. The lowest BCUT2D eigenvalue weighted by Gasteiger charge is -2.09. The van der Waals surface area contributed by atoms with Crippen LogP contribution in [0.15, 0.2) is 48.5 Å². The molecule has 0 saturated carbocycles. The van der Waals surface area contributed by atoms with Crippen molar-refractivity contribution in [1.82, 2.24) is 10.6 Å². The largest absolute Gasteiger partial charge is 0.492 e. The molecule has 2 aromatic rings. The molecular formula is C19H24N2O2. The van der Waals surface area contributed by atoms with Crippen molar-refractivity contribution in [3.8, 4) is 5.75 Å². The molecule has 122 valence electrons. The van der Waals surface area contributed by atoms with Crippen LogP contribution in [0.1, 0.15) is 16.7 Å². The average molecular weight is 312 g/mol. The maximum Gasteiger partial charge on any atom is 0.314 e. The molecule has 4 nitrogen and oxygen atoms in total. The van der Waals surface area contributed by atoms with Crippen molar-refractivity contribution in [2.75, 3.05) is 19.7 Å². The van der Waals surface area contributed by atoms with Gasteiger partial charge in [0.15, 0.2) is 0 Å². The molecule has 2 rings (SSSR count). The Morgan fingerprint density at radius 1 is 0.957 bits per heavy atom. The molecule has 2 aromatic carbocycles. The second-order valence-corrected chi connectivity index (χ2v) is 5.59. The summed E-state index contributed by atoms with van der Waals surface area (Å²) < 4.78 is 5.58. The Morgan fingerprint density at radius 3 is 2.39 bits per heavy atom. The molecule has 0 aliphatic heterocycles. The summed E-state index contributed by atoms with van der Waals surface area (Å²) in [6.45, 7) is 5.64. The molecular weight excluding hydrogens is 288 g/mol. The number of amides is 2. The molecule has 4 heteroatoms. The number of nitrogens with one attached hydrogen (secondary N) is 2. The van der Waals surface area contributed by atoms with Gasteiger partial charge in [-0.3, -0.25) is 0 Å². The minimum absolute atomic E-state index is 0.162. The first-order chi connectivity index (χ1) is 11.1. The summed E-state index contributed by atoms with van der Waals surface area (Å²) in [6, 6.07) is 16.0. The summed E-state index contributed by atoms with van der Waals surface area (Å²) in [4.78, 5) is 11.7. The zero-order valence-corrected chi connectivity index (χ0v) is 13.8. The number of aryl methyl sites for hydroxylation is 2. The van der Waals surface area contributed by atoms with E-state index < -0.39 is 0 Å². The average Bonchev–Trinajstić information content (AvgIpc) is 2.52. The van der Waals surface area contributed by atoms with E-state index in [0.717, 1.165) is 17.7 Å². The summed E-state index contributed by atoms with van der Waals surface area (Å²) in [5.74, 6) is 0.826. The van der Waals surface area contributed by atoms with E-state index in [-0.39, 0.29) is 6.03 Å². The minimum atomic E-state index is -0.162.